The first kappa shape index (κ1) is 31.8. The molecule has 6 aromatic rings. The van der Waals surface area contributed by atoms with E-state index in [1.54, 1.807) is 24.3 Å². The Labute approximate surface area is 294 Å². The van der Waals surface area contributed by atoms with Crippen LogP contribution >= 0.6 is 39.0 Å². The van der Waals surface area contributed by atoms with Crippen LogP contribution in [0.2, 0.25) is 0 Å². The van der Waals surface area contributed by atoms with Gasteiger partial charge < -0.3 is 9.84 Å². The van der Waals surface area contributed by atoms with Crippen molar-refractivity contribution in [2.24, 2.45) is 0 Å². The quantitative estimate of drug-likeness (QED) is 0.0521. The first-order chi connectivity index (χ1) is 23.4. The summed E-state index contributed by atoms with van der Waals surface area (Å²) in [5, 5.41) is 22.9. The molecule has 0 spiro atoms. The van der Waals surface area contributed by atoms with Crippen molar-refractivity contribution in [2.45, 2.75) is 29.7 Å². The Bertz CT molecular complexity index is 2180. The summed E-state index contributed by atoms with van der Waals surface area (Å²) in [6, 6.07) is 35.7. The number of aryl methyl sites for hydroxylation is 1. The van der Waals surface area contributed by atoms with Gasteiger partial charge in [0.1, 0.15) is 18.1 Å². The number of ether oxygens (including phenoxy) is 1. The number of aromatic nitrogens is 2. The van der Waals surface area contributed by atoms with Gasteiger partial charge >= 0.3 is 5.91 Å². The fourth-order valence-corrected chi connectivity index (χ4v) is 7.88. The lowest BCUT2D eigenvalue weighted by atomic mass is 9.95. The minimum atomic E-state index is -0.904. The van der Waals surface area contributed by atoms with Crippen molar-refractivity contribution < 1.29 is 19.4 Å². The summed E-state index contributed by atoms with van der Waals surface area (Å²) in [5.74, 6) is -0.565. The van der Waals surface area contributed by atoms with Gasteiger partial charge in [0, 0.05) is 15.8 Å². The molecule has 1 amide bonds. The maximum absolute atomic E-state index is 13.7. The van der Waals surface area contributed by atoms with Crippen LogP contribution < -0.4 is 9.64 Å². The number of amides is 1. The number of halogens is 1. The molecule has 1 N–H and O–H groups in total. The highest BCUT2D eigenvalue weighted by molar-refractivity contribution is 9.10. The highest BCUT2D eigenvalue weighted by Crippen LogP contribution is 2.44. The molecule has 0 radical (unpaired) electrons. The lowest BCUT2D eigenvalue weighted by Gasteiger charge is -2.22. The van der Waals surface area contributed by atoms with E-state index in [-0.39, 0.29) is 16.5 Å². The van der Waals surface area contributed by atoms with E-state index in [2.05, 4.69) is 56.5 Å². The van der Waals surface area contributed by atoms with Crippen molar-refractivity contribution >= 4 is 72.4 Å². The van der Waals surface area contributed by atoms with E-state index in [1.165, 1.54) is 33.4 Å². The number of thioether (sulfide) groups is 1. The summed E-state index contributed by atoms with van der Waals surface area (Å²) in [5.41, 5.74) is 4.38. The van der Waals surface area contributed by atoms with Crippen molar-refractivity contribution in [1.29, 1.82) is 0 Å². The molecule has 7 nitrogen and oxygen atoms in total. The number of aliphatic hydroxyl groups excluding tert-OH is 1. The maximum Gasteiger partial charge on any atom is 0.301 e. The molecule has 0 bridgehead atoms. The number of carbonyl (C=O) groups is 2. The van der Waals surface area contributed by atoms with Crippen LogP contribution in [0.15, 0.2) is 130 Å². The number of anilines is 1. The van der Waals surface area contributed by atoms with Crippen molar-refractivity contribution in [3.63, 3.8) is 0 Å². The second-order valence-corrected chi connectivity index (χ2v) is 14.4. The molecule has 1 fully saturated rings. The Morgan fingerprint density at radius 3 is 2.46 bits per heavy atom. The SMILES string of the molecule is Cc1cccc(COc2ccc(C(O)=C3C(=O)C(=O)N(c4nnc(SCc5cccc6ccccc56)s4)C3c3ccc(Br)cc3)cc2)c1. The van der Waals surface area contributed by atoms with Crippen LogP contribution in [0.25, 0.3) is 16.5 Å². The minimum absolute atomic E-state index is 0.0177. The van der Waals surface area contributed by atoms with Gasteiger partial charge in [0.2, 0.25) is 5.13 Å². The number of Topliss-reactive ketones (excluding diaryl/α,β-unsaturated/α-hetero) is 1. The van der Waals surface area contributed by atoms with E-state index in [0.29, 0.717) is 33.6 Å². The minimum Gasteiger partial charge on any atom is -0.507 e. The molecule has 1 unspecified atom stereocenters. The van der Waals surface area contributed by atoms with Crippen LogP contribution in [-0.2, 0) is 21.9 Å². The first-order valence-corrected chi connectivity index (χ1v) is 17.7. The molecular formula is C38H28BrN3O4S2. The highest BCUT2D eigenvalue weighted by Gasteiger charge is 2.48. The number of benzene rings is 5. The van der Waals surface area contributed by atoms with Crippen molar-refractivity contribution in [3.05, 3.63) is 153 Å². The molecule has 48 heavy (non-hydrogen) atoms. The largest absolute Gasteiger partial charge is 0.507 e. The van der Waals surface area contributed by atoms with Crippen LogP contribution in [0.3, 0.4) is 0 Å². The number of carbonyl (C=O) groups excluding carboxylic acids is 2. The van der Waals surface area contributed by atoms with Gasteiger partial charge in [-0.25, -0.2) is 0 Å². The Kier molecular flexibility index (Phi) is 9.12. The molecule has 0 aliphatic carbocycles. The Morgan fingerprint density at radius 1 is 0.917 bits per heavy atom. The van der Waals surface area contributed by atoms with E-state index in [0.717, 1.165) is 26.5 Å². The summed E-state index contributed by atoms with van der Waals surface area (Å²) in [4.78, 5) is 28.7. The molecule has 1 aromatic heterocycles. The third-order valence-corrected chi connectivity index (χ3v) is 10.7. The predicted octanol–water partition coefficient (Wildman–Crippen LogP) is 9.26. The molecule has 1 atom stereocenters. The van der Waals surface area contributed by atoms with Gasteiger partial charge in [0.05, 0.1) is 11.6 Å². The van der Waals surface area contributed by atoms with Crippen LogP contribution in [0, 0.1) is 6.92 Å². The molecule has 2 heterocycles. The molecule has 0 saturated carbocycles. The summed E-state index contributed by atoms with van der Waals surface area (Å²) < 4.78 is 7.45. The van der Waals surface area contributed by atoms with Gasteiger partial charge in [-0.15, -0.1) is 10.2 Å². The third kappa shape index (κ3) is 6.51. The lowest BCUT2D eigenvalue weighted by Crippen LogP contribution is -2.29. The van der Waals surface area contributed by atoms with Gasteiger partial charge in [-0.05, 0) is 70.8 Å². The predicted molar refractivity (Wildman–Crippen MR) is 194 cm³/mol. The molecule has 10 heteroatoms. The second-order valence-electron chi connectivity index (χ2n) is 11.3. The smallest absolute Gasteiger partial charge is 0.301 e. The maximum atomic E-state index is 13.7. The fourth-order valence-electron chi connectivity index (χ4n) is 5.74. The van der Waals surface area contributed by atoms with E-state index < -0.39 is 17.7 Å². The van der Waals surface area contributed by atoms with Crippen molar-refractivity contribution in [1.82, 2.24) is 10.2 Å². The van der Waals surface area contributed by atoms with Crippen molar-refractivity contribution in [3.8, 4) is 5.75 Å². The lowest BCUT2D eigenvalue weighted by molar-refractivity contribution is -0.132. The average molecular weight is 735 g/mol. The number of hydrogen-bond donors (Lipinski definition) is 1. The topological polar surface area (TPSA) is 92.6 Å². The average Bonchev–Trinajstić information content (AvgIpc) is 3.68. The van der Waals surface area contributed by atoms with Crippen LogP contribution in [0.4, 0.5) is 5.13 Å². The van der Waals surface area contributed by atoms with Gasteiger partial charge in [-0.1, -0.05) is 123 Å². The van der Waals surface area contributed by atoms with Crippen LogP contribution in [-0.4, -0.2) is 27.0 Å². The Hall–Kier alpha value is -4.77. The third-order valence-electron chi connectivity index (χ3n) is 8.08. The fraction of sp³-hybridized carbons (Fsp3) is 0.105. The normalized spacial score (nSPS) is 15.7. The number of rotatable bonds is 9. The van der Waals surface area contributed by atoms with Gasteiger partial charge in [0.25, 0.3) is 5.78 Å². The van der Waals surface area contributed by atoms with Gasteiger partial charge in [-0.2, -0.15) is 0 Å². The van der Waals surface area contributed by atoms with Gasteiger partial charge in [0.15, 0.2) is 4.34 Å². The Balaban J connectivity index is 1.17. The summed E-state index contributed by atoms with van der Waals surface area (Å²) in [6.07, 6.45) is 0. The summed E-state index contributed by atoms with van der Waals surface area (Å²) in [6.45, 7) is 2.43. The van der Waals surface area contributed by atoms with Gasteiger partial charge in [-0.3, -0.25) is 14.5 Å². The summed E-state index contributed by atoms with van der Waals surface area (Å²) >= 11 is 6.23. The van der Waals surface area contributed by atoms with E-state index in [9.17, 15) is 14.7 Å². The van der Waals surface area contributed by atoms with E-state index in [1.807, 2.05) is 67.6 Å². The molecule has 1 aliphatic rings. The standard InChI is InChI=1S/C38H28BrN3O4S2/c1-23-6-4-7-24(20-23)21-46-30-18-14-27(15-19-30)34(43)32-33(26-12-16-29(39)17-13-26)42(36(45)35(32)44)37-40-41-38(48-37)47-22-28-10-5-9-25-8-2-3-11-31(25)28/h2-20,33,43H,21-22H2,1H3. The molecule has 5 aromatic carbocycles. The summed E-state index contributed by atoms with van der Waals surface area (Å²) in [7, 11) is 0. The van der Waals surface area contributed by atoms with Crippen molar-refractivity contribution in [2.75, 3.05) is 4.90 Å². The monoisotopic (exact) mass is 733 g/mol. The van der Waals surface area contributed by atoms with Crippen LogP contribution in [0.5, 0.6) is 5.75 Å². The first-order valence-electron chi connectivity index (χ1n) is 15.1. The Morgan fingerprint density at radius 2 is 1.67 bits per heavy atom. The zero-order valence-corrected chi connectivity index (χ0v) is 28.9. The number of nitrogens with zero attached hydrogens (tertiary/aromatic N) is 3. The molecule has 238 valence electrons. The zero-order chi connectivity index (χ0) is 33.2. The highest BCUT2D eigenvalue weighted by atomic mass is 79.9. The second kappa shape index (κ2) is 13.8. The molecular weight excluding hydrogens is 706 g/mol. The van der Waals surface area contributed by atoms with E-state index >= 15 is 0 Å². The molecule has 1 saturated heterocycles. The number of fused-ring (bicyclic) bond motifs is 1. The zero-order valence-electron chi connectivity index (χ0n) is 25.7. The van der Waals surface area contributed by atoms with Crippen LogP contribution in [0.1, 0.15) is 33.9 Å². The number of ketones is 1. The van der Waals surface area contributed by atoms with E-state index in [4.69, 9.17) is 4.74 Å². The number of aliphatic hydroxyl groups is 1. The molecule has 7 rings (SSSR count). The number of hydrogen-bond acceptors (Lipinski definition) is 8. The molecule has 1 aliphatic heterocycles.